The van der Waals surface area contributed by atoms with Gasteiger partial charge in [-0.05, 0) is 23.8 Å². The van der Waals surface area contributed by atoms with Crippen molar-refractivity contribution in [1.82, 2.24) is 0 Å². The molecule has 1 unspecified atom stereocenters. The molecule has 0 aliphatic carbocycles. The number of hydrogen-bond acceptors (Lipinski definition) is 1. The molecule has 0 spiro atoms. The molecule has 18 heavy (non-hydrogen) atoms. The second kappa shape index (κ2) is 6.07. The van der Waals surface area contributed by atoms with E-state index in [2.05, 4.69) is 15.9 Å². The maximum absolute atomic E-state index is 10.2. The van der Waals surface area contributed by atoms with Crippen LogP contribution in [0.15, 0.2) is 46.9 Å². The van der Waals surface area contributed by atoms with E-state index >= 15 is 0 Å². The highest BCUT2D eigenvalue weighted by molar-refractivity contribution is 9.10. The van der Waals surface area contributed by atoms with E-state index in [1.165, 1.54) is 0 Å². The van der Waals surface area contributed by atoms with Crippen LogP contribution in [0.2, 0.25) is 10.0 Å². The number of aliphatic hydroxyl groups excluding tert-OH is 1. The van der Waals surface area contributed by atoms with Crippen molar-refractivity contribution in [3.05, 3.63) is 68.1 Å². The fourth-order valence-corrected chi connectivity index (χ4v) is 2.66. The summed E-state index contributed by atoms with van der Waals surface area (Å²) in [4.78, 5) is 0. The van der Waals surface area contributed by atoms with E-state index in [4.69, 9.17) is 23.2 Å². The number of halogens is 3. The summed E-state index contributed by atoms with van der Waals surface area (Å²) in [5.41, 5.74) is 1.69. The van der Waals surface area contributed by atoms with Crippen molar-refractivity contribution < 1.29 is 5.11 Å². The van der Waals surface area contributed by atoms with Crippen LogP contribution in [0.25, 0.3) is 0 Å². The van der Waals surface area contributed by atoms with Gasteiger partial charge in [-0.25, -0.2) is 0 Å². The molecule has 0 heterocycles. The number of rotatable bonds is 3. The van der Waals surface area contributed by atoms with Crippen molar-refractivity contribution in [1.29, 1.82) is 0 Å². The van der Waals surface area contributed by atoms with Gasteiger partial charge in [0.2, 0.25) is 0 Å². The molecule has 0 saturated carbocycles. The second-order valence-electron chi connectivity index (χ2n) is 3.99. The molecule has 0 aliphatic rings. The first-order chi connectivity index (χ1) is 8.58. The van der Waals surface area contributed by atoms with Crippen LogP contribution in [0.3, 0.4) is 0 Å². The van der Waals surface area contributed by atoms with Gasteiger partial charge in [-0.2, -0.15) is 0 Å². The Balaban J connectivity index is 2.22. The molecule has 4 heteroatoms. The predicted octanol–water partition coefficient (Wildman–Crippen LogP) is 5.03. The average Bonchev–Trinajstić information content (AvgIpc) is 2.32. The number of aliphatic hydroxyl groups is 1. The van der Waals surface area contributed by atoms with E-state index < -0.39 is 6.10 Å². The standard InChI is InChI=1S/C14H11BrCl2O/c15-10-4-1-3-9(7-10)8-13(18)11-5-2-6-12(16)14(11)17/h1-7,13,18H,8H2. The van der Waals surface area contributed by atoms with Crippen molar-refractivity contribution >= 4 is 39.1 Å². The van der Waals surface area contributed by atoms with Crippen LogP contribution in [0.1, 0.15) is 17.2 Å². The van der Waals surface area contributed by atoms with Crippen LogP contribution in [0.4, 0.5) is 0 Å². The van der Waals surface area contributed by atoms with Crippen molar-refractivity contribution in [2.24, 2.45) is 0 Å². The molecule has 0 saturated heterocycles. The Labute approximate surface area is 124 Å². The SMILES string of the molecule is OC(Cc1cccc(Br)c1)c1cccc(Cl)c1Cl. The van der Waals surface area contributed by atoms with Gasteiger partial charge in [-0.15, -0.1) is 0 Å². The third-order valence-corrected chi connectivity index (χ3v) is 3.99. The normalized spacial score (nSPS) is 12.4. The first-order valence-electron chi connectivity index (χ1n) is 5.44. The highest BCUT2D eigenvalue weighted by atomic mass is 79.9. The minimum atomic E-state index is -0.662. The van der Waals surface area contributed by atoms with Crippen LogP contribution in [0, 0.1) is 0 Å². The quantitative estimate of drug-likeness (QED) is 0.826. The summed E-state index contributed by atoms with van der Waals surface area (Å²) >= 11 is 15.4. The molecule has 0 radical (unpaired) electrons. The van der Waals surface area contributed by atoms with Crippen LogP contribution in [-0.2, 0) is 6.42 Å². The molecule has 94 valence electrons. The van der Waals surface area contributed by atoms with Gasteiger partial charge in [0.05, 0.1) is 16.1 Å². The molecule has 0 aliphatic heterocycles. The first-order valence-corrected chi connectivity index (χ1v) is 6.99. The van der Waals surface area contributed by atoms with Gasteiger partial charge >= 0.3 is 0 Å². The molecule has 2 aromatic rings. The van der Waals surface area contributed by atoms with Gasteiger partial charge in [0.25, 0.3) is 0 Å². The summed E-state index contributed by atoms with van der Waals surface area (Å²) < 4.78 is 0.990. The van der Waals surface area contributed by atoms with Crippen LogP contribution < -0.4 is 0 Å². The van der Waals surface area contributed by atoms with Gasteiger partial charge in [0.1, 0.15) is 0 Å². The highest BCUT2D eigenvalue weighted by Crippen LogP contribution is 2.31. The molecule has 1 nitrogen and oxygen atoms in total. The zero-order valence-electron chi connectivity index (χ0n) is 9.41. The minimum Gasteiger partial charge on any atom is -0.388 e. The van der Waals surface area contributed by atoms with Crippen LogP contribution in [-0.4, -0.2) is 5.11 Å². The lowest BCUT2D eigenvalue weighted by atomic mass is 10.0. The molecule has 0 fully saturated rings. The van der Waals surface area contributed by atoms with E-state index in [0.29, 0.717) is 22.0 Å². The Kier molecular flexibility index (Phi) is 4.68. The molecule has 0 aromatic heterocycles. The highest BCUT2D eigenvalue weighted by Gasteiger charge is 2.14. The summed E-state index contributed by atoms with van der Waals surface area (Å²) in [5.74, 6) is 0. The maximum Gasteiger partial charge on any atom is 0.0845 e. The fraction of sp³-hybridized carbons (Fsp3) is 0.143. The van der Waals surface area contributed by atoms with E-state index in [-0.39, 0.29) is 0 Å². The Morgan fingerprint density at radius 1 is 1.11 bits per heavy atom. The lowest BCUT2D eigenvalue weighted by molar-refractivity contribution is 0.178. The smallest absolute Gasteiger partial charge is 0.0845 e. The summed E-state index contributed by atoms with van der Waals surface area (Å²) in [6.07, 6.45) is -0.162. The molecule has 0 bridgehead atoms. The zero-order chi connectivity index (χ0) is 13.1. The molecular formula is C14H11BrCl2O. The lowest BCUT2D eigenvalue weighted by Gasteiger charge is -2.13. The predicted molar refractivity (Wildman–Crippen MR) is 79.3 cm³/mol. The molecular weight excluding hydrogens is 335 g/mol. The summed E-state index contributed by atoms with van der Waals surface area (Å²) in [5, 5.41) is 11.1. The third kappa shape index (κ3) is 3.27. The molecule has 1 N–H and O–H groups in total. The van der Waals surface area contributed by atoms with Crippen molar-refractivity contribution in [3.63, 3.8) is 0 Å². The van der Waals surface area contributed by atoms with Gasteiger partial charge < -0.3 is 5.11 Å². The van der Waals surface area contributed by atoms with Crippen molar-refractivity contribution in [2.75, 3.05) is 0 Å². The Morgan fingerprint density at radius 2 is 1.83 bits per heavy atom. The largest absolute Gasteiger partial charge is 0.388 e. The Morgan fingerprint density at radius 3 is 2.56 bits per heavy atom. The van der Waals surface area contributed by atoms with Gasteiger partial charge in [-0.3, -0.25) is 0 Å². The zero-order valence-corrected chi connectivity index (χ0v) is 12.5. The summed E-state index contributed by atoms with van der Waals surface area (Å²) in [7, 11) is 0. The monoisotopic (exact) mass is 344 g/mol. The second-order valence-corrected chi connectivity index (χ2v) is 5.69. The van der Waals surface area contributed by atoms with E-state index in [1.54, 1.807) is 18.2 Å². The molecule has 1 atom stereocenters. The molecule has 0 amide bonds. The van der Waals surface area contributed by atoms with Crippen LogP contribution >= 0.6 is 39.1 Å². The average molecular weight is 346 g/mol. The van der Waals surface area contributed by atoms with E-state index in [1.807, 2.05) is 24.3 Å². The fourth-order valence-electron chi connectivity index (χ4n) is 1.77. The van der Waals surface area contributed by atoms with Crippen molar-refractivity contribution in [3.8, 4) is 0 Å². The van der Waals surface area contributed by atoms with Crippen LogP contribution in [0.5, 0.6) is 0 Å². The number of benzene rings is 2. The first kappa shape index (κ1) is 13.9. The van der Waals surface area contributed by atoms with E-state index in [0.717, 1.165) is 10.0 Å². The van der Waals surface area contributed by atoms with Gasteiger partial charge in [0, 0.05) is 16.5 Å². The van der Waals surface area contributed by atoms with E-state index in [9.17, 15) is 5.11 Å². The summed E-state index contributed by atoms with van der Waals surface area (Å²) in [6, 6.07) is 13.1. The Hall–Kier alpha value is -0.540. The topological polar surface area (TPSA) is 20.2 Å². The van der Waals surface area contributed by atoms with Crippen molar-refractivity contribution in [2.45, 2.75) is 12.5 Å². The summed E-state index contributed by atoms with van der Waals surface area (Å²) in [6.45, 7) is 0. The maximum atomic E-state index is 10.2. The third-order valence-electron chi connectivity index (χ3n) is 2.66. The molecule has 2 aromatic carbocycles. The number of hydrogen-bond donors (Lipinski definition) is 1. The Bertz CT molecular complexity index is 557. The molecule has 2 rings (SSSR count). The van der Waals surface area contributed by atoms with Gasteiger partial charge in [-0.1, -0.05) is 63.4 Å². The van der Waals surface area contributed by atoms with Gasteiger partial charge in [0.15, 0.2) is 0 Å². The lowest BCUT2D eigenvalue weighted by Crippen LogP contribution is -2.02. The minimum absolute atomic E-state index is 0.418.